The Morgan fingerprint density at radius 2 is 1.90 bits per heavy atom. The summed E-state index contributed by atoms with van der Waals surface area (Å²) in [5.74, 6) is -4.00. The number of halogens is 4. The van der Waals surface area contributed by atoms with Gasteiger partial charge in [-0.1, -0.05) is 12.1 Å². The lowest BCUT2D eigenvalue weighted by Gasteiger charge is -2.15. The minimum Gasteiger partial charge on any atom is -0.307 e. The Labute approximate surface area is 113 Å². The Kier molecular flexibility index (Phi) is 4.39. The maximum Gasteiger partial charge on any atom is 0.319 e. The van der Waals surface area contributed by atoms with Gasteiger partial charge in [0.15, 0.2) is 0 Å². The second-order valence-corrected chi connectivity index (χ2v) is 4.28. The average Bonchev–Trinajstić information content (AvgIpc) is 2.93. The van der Waals surface area contributed by atoms with Crippen LogP contribution in [0.25, 0.3) is 5.69 Å². The molecule has 20 heavy (non-hydrogen) atoms. The third-order valence-electron chi connectivity index (χ3n) is 2.71. The van der Waals surface area contributed by atoms with Crippen LogP contribution < -0.4 is 5.32 Å². The Morgan fingerprint density at radius 3 is 2.45 bits per heavy atom. The molecule has 0 atom stereocenters. The van der Waals surface area contributed by atoms with E-state index in [0.29, 0.717) is 0 Å². The van der Waals surface area contributed by atoms with Crippen molar-refractivity contribution in [3.63, 3.8) is 0 Å². The van der Waals surface area contributed by atoms with Gasteiger partial charge >= 0.3 is 12.3 Å². The van der Waals surface area contributed by atoms with Crippen molar-refractivity contribution in [3.8, 4) is 5.69 Å². The first kappa shape index (κ1) is 14.5. The number of hydrogen-bond donors (Lipinski definition) is 1. The topological polar surface area (TPSA) is 29.9 Å². The molecule has 1 aromatic carbocycles. The van der Waals surface area contributed by atoms with Crippen LogP contribution >= 0.6 is 0 Å². The Morgan fingerprint density at radius 1 is 1.20 bits per heavy atom. The van der Waals surface area contributed by atoms with Crippen LogP contribution in [-0.4, -0.2) is 28.7 Å². The van der Waals surface area contributed by atoms with Gasteiger partial charge in [-0.25, -0.2) is 13.5 Å². The highest BCUT2D eigenvalue weighted by molar-refractivity contribution is 5.33. The summed E-state index contributed by atoms with van der Waals surface area (Å²) in [4.78, 5) is 0. The van der Waals surface area contributed by atoms with E-state index in [1.807, 2.05) is 0 Å². The van der Waals surface area contributed by atoms with Gasteiger partial charge in [0.2, 0.25) is 0 Å². The summed E-state index contributed by atoms with van der Waals surface area (Å²) in [6.45, 7) is -0.951. The lowest BCUT2D eigenvalue weighted by molar-refractivity contribution is -0.125. The number of aromatic nitrogens is 2. The van der Waals surface area contributed by atoms with E-state index in [9.17, 15) is 17.6 Å². The minimum absolute atomic E-state index is 0.0989. The number of alkyl halides is 4. The molecular weight excluding hydrogens is 274 g/mol. The largest absolute Gasteiger partial charge is 0.319 e. The molecule has 0 radical (unpaired) electrons. The fourth-order valence-electron chi connectivity index (χ4n) is 1.64. The van der Waals surface area contributed by atoms with Gasteiger partial charge in [0.05, 0.1) is 12.2 Å². The van der Waals surface area contributed by atoms with Gasteiger partial charge in [-0.2, -0.15) is 13.9 Å². The summed E-state index contributed by atoms with van der Waals surface area (Å²) in [7, 11) is 0. The van der Waals surface area contributed by atoms with Crippen LogP contribution in [0.1, 0.15) is 5.56 Å². The van der Waals surface area contributed by atoms with Crippen molar-refractivity contribution in [2.45, 2.75) is 18.9 Å². The highest BCUT2D eigenvalue weighted by Gasteiger charge is 2.39. The summed E-state index contributed by atoms with van der Waals surface area (Å²) in [6.07, 6.45) is -0.240. The minimum atomic E-state index is -4.00. The predicted octanol–water partition coefficient (Wildman–Crippen LogP) is 2.86. The van der Waals surface area contributed by atoms with Crippen molar-refractivity contribution >= 4 is 0 Å². The molecule has 2 rings (SSSR count). The first-order valence-electron chi connectivity index (χ1n) is 5.95. The van der Waals surface area contributed by atoms with Gasteiger partial charge in [0.1, 0.15) is 0 Å². The molecule has 0 saturated carbocycles. The molecule has 0 aliphatic heterocycles. The van der Waals surface area contributed by atoms with Crippen LogP contribution in [-0.2, 0) is 6.54 Å². The summed E-state index contributed by atoms with van der Waals surface area (Å²) in [5.41, 5.74) is 1.56. The third kappa shape index (κ3) is 3.57. The molecule has 0 saturated heterocycles. The van der Waals surface area contributed by atoms with Crippen LogP contribution in [0.15, 0.2) is 42.7 Å². The maximum absolute atomic E-state index is 12.7. The van der Waals surface area contributed by atoms with Crippen LogP contribution in [0.4, 0.5) is 17.6 Å². The van der Waals surface area contributed by atoms with E-state index in [4.69, 9.17) is 0 Å². The van der Waals surface area contributed by atoms with Crippen molar-refractivity contribution < 1.29 is 17.6 Å². The van der Waals surface area contributed by atoms with Crippen molar-refractivity contribution in [1.29, 1.82) is 0 Å². The van der Waals surface area contributed by atoms with Crippen LogP contribution in [0.5, 0.6) is 0 Å². The number of hydrogen-bond acceptors (Lipinski definition) is 2. The molecule has 1 N–H and O–H groups in total. The van der Waals surface area contributed by atoms with Crippen LogP contribution in [0.3, 0.4) is 0 Å². The quantitative estimate of drug-likeness (QED) is 0.828. The predicted molar refractivity (Wildman–Crippen MR) is 66.2 cm³/mol. The SMILES string of the molecule is FC(F)C(F)(F)CNCc1ccc(-n2cccn2)cc1. The monoisotopic (exact) mass is 287 g/mol. The molecule has 0 aliphatic rings. The van der Waals surface area contributed by atoms with Gasteiger partial charge in [0.25, 0.3) is 0 Å². The first-order chi connectivity index (χ1) is 9.49. The highest BCUT2D eigenvalue weighted by Crippen LogP contribution is 2.21. The lowest BCUT2D eigenvalue weighted by atomic mass is 10.2. The molecule has 3 nitrogen and oxygen atoms in total. The van der Waals surface area contributed by atoms with E-state index in [0.717, 1.165) is 11.3 Å². The van der Waals surface area contributed by atoms with Crippen molar-refractivity contribution in [2.24, 2.45) is 0 Å². The number of nitrogens with zero attached hydrogens (tertiary/aromatic N) is 2. The fourth-order valence-corrected chi connectivity index (χ4v) is 1.64. The van der Waals surface area contributed by atoms with Gasteiger partial charge < -0.3 is 5.32 Å². The summed E-state index contributed by atoms with van der Waals surface area (Å²) >= 11 is 0. The molecule has 0 aliphatic carbocycles. The Hall–Kier alpha value is -1.89. The molecule has 0 bridgehead atoms. The van der Waals surface area contributed by atoms with E-state index in [1.165, 1.54) is 0 Å². The molecule has 2 aromatic rings. The van der Waals surface area contributed by atoms with Gasteiger partial charge in [-0.3, -0.25) is 0 Å². The molecular formula is C13H13F4N3. The molecule has 0 fully saturated rings. The summed E-state index contributed by atoms with van der Waals surface area (Å²) < 4.78 is 50.9. The number of rotatable bonds is 6. The number of nitrogens with one attached hydrogen (secondary N) is 1. The normalized spacial score (nSPS) is 12.1. The first-order valence-corrected chi connectivity index (χ1v) is 5.95. The molecule has 7 heteroatoms. The van der Waals surface area contributed by atoms with Crippen molar-refractivity contribution in [2.75, 3.05) is 6.54 Å². The highest BCUT2D eigenvalue weighted by atomic mass is 19.3. The molecule has 1 aromatic heterocycles. The van der Waals surface area contributed by atoms with Gasteiger partial charge in [-0.15, -0.1) is 0 Å². The third-order valence-corrected chi connectivity index (χ3v) is 2.71. The van der Waals surface area contributed by atoms with Crippen LogP contribution in [0, 0.1) is 0 Å². The lowest BCUT2D eigenvalue weighted by Crippen LogP contribution is -2.38. The summed E-state index contributed by atoms with van der Waals surface area (Å²) in [5, 5.41) is 6.37. The number of benzene rings is 1. The standard InChI is InChI=1S/C13H13F4N3/c14-12(15)13(16,17)9-18-8-10-2-4-11(5-3-10)20-7-1-6-19-20/h1-7,12,18H,8-9H2. The zero-order valence-electron chi connectivity index (χ0n) is 10.4. The van der Waals surface area contributed by atoms with E-state index in [1.54, 1.807) is 47.4 Å². The average molecular weight is 287 g/mol. The smallest absolute Gasteiger partial charge is 0.307 e. The maximum atomic E-state index is 12.7. The van der Waals surface area contributed by atoms with Gasteiger partial charge in [0, 0.05) is 18.9 Å². The van der Waals surface area contributed by atoms with Gasteiger partial charge in [-0.05, 0) is 23.8 Å². The zero-order chi connectivity index (χ0) is 14.6. The van der Waals surface area contributed by atoms with E-state index < -0.39 is 18.9 Å². The zero-order valence-corrected chi connectivity index (χ0v) is 10.4. The second-order valence-electron chi connectivity index (χ2n) is 4.28. The van der Waals surface area contributed by atoms with E-state index in [2.05, 4.69) is 10.4 Å². The molecule has 1 heterocycles. The Bertz CT molecular complexity index is 523. The Balaban J connectivity index is 1.89. The van der Waals surface area contributed by atoms with E-state index in [-0.39, 0.29) is 6.54 Å². The van der Waals surface area contributed by atoms with Crippen molar-refractivity contribution in [3.05, 3.63) is 48.3 Å². The fraction of sp³-hybridized carbons (Fsp3) is 0.308. The van der Waals surface area contributed by atoms with E-state index >= 15 is 0 Å². The summed E-state index contributed by atoms with van der Waals surface area (Å²) in [6, 6.07) is 8.78. The molecule has 0 spiro atoms. The molecule has 0 unspecified atom stereocenters. The van der Waals surface area contributed by atoms with Crippen LogP contribution in [0.2, 0.25) is 0 Å². The molecule has 108 valence electrons. The second kappa shape index (κ2) is 6.04. The van der Waals surface area contributed by atoms with Crippen molar-refractivity contribution in [1.82, 2.24) is 15.1 Å². The molecule has 0 amide bonds.